The van der Waals surface area contributed by atoms with Crippen LogP contribution in [0.3, 0.4) is 0 Å². The Morgan fingerprint density at radius 3 is 1.52 bits per heavy atom. The van der Waals surface area contributed by atoms with Gasteiger partial charge in [0.05, 0.1) is 6.42 Å². The summed E-state index contributed by atoms with van der Waals surface area (Å²) in [4.78, 5) is 14.4. The van der Waals surface area contributed by atoms with E-state index >= 15 is 0 Å². The first-order valence-electron chi connectivity index (χ1n) is 7.81. The van der Waals surface area contributed by atoms with Crippen molar-refractivity contribution in [2.45, 2.75) is 12.0 Å². The van der Waals surface area contributed by atoms with E-state index in [9.17, 15) is 4.79 Å². The second-order valence-electron chi connectivity index (χ2n) is 5.83. The lowest BCUT2D eigenvalue weighted by molar-refractivity contribution is -0.126. The molecule has 1 aliphatic rings. The highest BCUT2D eigenvalue weighted by molar-refractivity contribution is 6.04. The number of carbonyl (C=O) groups is 1. The Morgan fingerprint density at radius 2 is 1.09 bits per heavy atom. The van der Waals surface area contributed by atoms with Gasteiger partial charge < -0.3 is 0 Å². The summed E-state index contributed by atoms with van der Waals surface area (Å²) in [5, 5.41) is 0. The number of amides is 1. The maximum atomic E-state index is 12.5. The molecule has 2 heteroatoms. The maximum absolute atomic E-state index is 12.5. The predicted octanol–water partition coefficient (Wildman–Crippen LogP) is 4.37. The molecule has 1 heterocycles. The van der Waals surface area contributed by atoms with Crippen LogP contribution in [-0.4, -0.2) is 5.91 Å². The van der Waals surface area contributed by atoms with E-state index < -0.39 is 5.54 Å². The molecule has 0 atom stereocenters. The van der Waals surface area contributed by atoms with E-state index in [1.54, 1.807) is 0 Å². The smallest absolute Gasteiger partial charge is 0.231 e. The average molecular weight is 299 g/mol. The third kappa shape index (κ3) is 2.07. The molecule has 2 nitrogen and oxygen atoms in total. The highest BCUT2D eigenvalue weighted by Crippen LogP contribution is 2.49. The van der Waals surface area contributed by atoms with Crippen molar-refractivity contribution in [1.29, 1.82) is 0 Å². The van der Waals surface area contributed by atoms with Gasteiger partial charge in [-0.25, -0.2) is 0 Å². The SMILES string of the molecule is O=C1CC(c2ccccc2)(c2ccccc2)N1c1ccccc1. The summed E-state index contributed by atoms with van der Waals surface area (Å²) in [7, 11) is 0. The zero-order valence-corrected chi connectivity index (χ0v) is 12.7. The molecule has 1 saturated heterocycles. The summed E-state index contributed by atoms with van der Waals surface area (Å²) >= 11 is 0. The fourth-order valence-corrected chi connectivity index (χ4v) is 3.50. The molecular weight excluding hydrogens is 282 g/mol. The van der Waals surface area contributed by atoms with E-state index in [0.717, 1.165) is 16.8 Å². The minimum atomic E-state index is -0.416. The lowest BCUT2D eigenvalue weighted by atomic mass is 9.72. The van der Waals surface area contributed by atoms with Crippen LogP contribution in [0.15, 0.2) is 91.0 Å². The van der Waals surface area contributed by atoms with Crippen molar-refractivity contribution in [3.63, 3.8) is 0 Å². The first-order chi connectivity index (χ1) is 11.3. The Balaban J connectivity index is 1.93. The molecule has 1 aliphatic heterocycles. The number of para-hydroxylation sites is 1. The average Bonchev–Trinajstić information content (AvgIpc) is 2.62. The van der Waals surface area contributed by atoms with Gasteiger partial charge in [-0.1, -0.05) is 78.9 Å². The van der Waals surface area contributed by atoms with Crippen LogP contribution >= 0.6 is 0 Å². The van der Waals surface area contributed by atoms with Crippen molar-refractivity contribution >= 4 is 11.6 Å². The zero-order chi connectivity index (χ0) is 15.7. The van der Waals surface area contributed by atoms with E-state index in [4.69, 9.17) is 0 Å². The number of rotatable bonds is 3. The number of carbonyl (C=O) groups excluding carboxylic acids is 1. The first kappa shape index (κ1) is 13.8. The Bertz CT molecular complexity index is 773. The fourth-order valence-electron chi connectivity index (χ4n) is 3.50. The fraction of sp³-hybridized carbons (Fsp3) is 0.0952. The van der Waals surface area contributed by atoms with Gasteiger partial charge in [-0.05, 0) is 23.3 Å². The molecule has 0 spiro atoms. The van der Waals surface area contributed by atoms with E-state index in [1.807, 2.05) is 71.6 Å². The Kier molecular flexibility index (Phi) is 3.23. The predicted molar refractivity (Wildman–Crippen MR) is 92.2 cm³/mol. The number of hydrogen-bond donors (Lipinski definition) is 0. The van der Waals surface area contributed by atoms with Crippen molar-refractivity contribution < 1.29 is 4.79 Å². The molecule has 23 heavy (non-hydrogen) atoms. The molecule has 0 N–H and O–H groups in total. The lowest BCUT2D eigenvalue weighted by Gasteiger charge is -2.52. The summed E-state index contributed by atoms with van der Waals surface area (Å²) in [6.45, 7) is 0. The highest BCUT2D eigenvalue weighted by atomic mass is 16.2. The number of β-lactam (4-membered cyclic amide) rings is 1. The second kappa shape index (κ2) is 5.40. The van der Waals surface area contributed by atoms with Crippen LogP contribution in [0.25, 0.3) is 0 Å². The zero-order valence-electron chi connectivity index (χ0n) is 12.7. The third-order valence-corrected chi connectivity index (χ3v) is 4.56. The summed E-state index contributed by atoms with van der Waals surface area (Å²) in [5.74, 6) is 0.156. The molecule has 112 valence electrons. The van der Waals surface area contributed by atoms with Crippen LogP contribution in [-0.2, 0) is 10.3 Å². The van der Waals surface area contributed by atoms with Gasteiger partial charge in [-0.3, -0.25) is 9.69 Å². The van der Waals surface area contributed by atoms with Crippen LogP contribution in [0.5, 0.6) is 0 Å². The molecule has 1 fully saturated rings. The van der Waals surface area contributed by atoms with Crippen LogP contribution < -0.4 is 4.90 Å². The van der Waals surface area contributed by atoms with Gasteiger partial charge >= 0.3 is 0 Å². The number of anilines is 1. The van der Waals surface area contributed by atoms with Crippen molar-refractivity contribution in [1.82, 2.24) is 0 Å². The van der Waals surface area contributed by atoms with Gasteiger partial charge in [0, 0.05) is 5.69 Å². The molecule has 0 aromatic heterocycles. The number of nitrogens with zero attached hydrogens (tertiary/aromatic N) is 1. The molecule has 0 radical (unpaired) electrons. The molecule has 4 rings (SSSR count). The Hall–Kier alpha value is -2.87. The van der Waals surface area contributed by atoms with E-state index in [0.29, 0.717) is 6.42 Å². The molecule has 1 amide bonds. The van der Waals surface area contributed by atoms with Crippen LogP contribution in [0.2, 0.25) is 0 Å². The summed E-state index contributed by atoms with van der Waals surface area (Å²) < 4.78 is 0. The molecule has 3 aromatic carbocycles. The number of benzene rings is 3. The van der Waals surface area contributed by atoms with Gasteiger partial charge in [0.25, 0.3) is 0 Å². The second-order valence-corrected chi connectivity index (χ2v) is 5.83. The molecule has 0 bridgehead atoms. The Morgan fingerprint density at radius 1 is 0.652 bits per heavy atom. The summed E-state index contributed by atoms with van der Waals surface area (Å²) in [6.07, 6.45) is 0.496. The van der Waals surface area contributed by atoms with Crippen molar-refractivity contribution in [3.05, 3.63) is 102 Å². The monoisotopic (exact) mass is 299 g/mol. The Labute approximate surface area is 136 Å². The lowest BCUT2D eigenvalue weighted by Crippen LogP contribution is -2.62. The summed E-state index contributed by atoms with van der Waals surface area (Å²) in [6, 6.07) is 30.5. The molecule has 0 saturated carbocycles. The van der Waals surface area contributed by atoms with Crippen LogP contribution in [0, 0.1) is 0 Å². The topological polar surface area (TPSA) is 20.3 Å². The number of hydrogen-bond acceptors (Lipinski definition) is 1. The van der Waals surface area contributed by atoms with Crippen molar-refractivity contribution in [2.75, 3.05) is 4.90 Å². The van der Waals surface area contributed by atoms with Gasteiger partial charge in [-0.2, -0.15) is 0 Å². The van der Waals surface area contributed by atoms with Crippen LogP contribution in [0.1, 0.15) is 17.5 Å². The van der Waals surface area contributed by atoms with Crippen LogP contribution in [0.4, 0.5) is 5.69 Å². The first-order valence-corrected chi connectivity index (χ1v) is 7.81. The van der Waals surface area contributed by atoms with Crippen molar-refractivity contribution in [2.24, 2.45) is 0 Å². The normalized spacial score (nSPS) is 16.0. The molecular formula is C21H17NO. The highest BCUT2D eigenvalue weighted by Gasteiger charge is 2.53. The van der Waals surface area contributed by atoms with E-state index in [1.165, 1.54) is 0 Å². The quantitative estimate of drug-likeness (QED) is 0.658. The minimum Gasteiger partial charge on any atom is -0.297 e. The third-order valence-electron chi connectivity index (χ3n) is 4.56. The van der Waals surface area contributed by atoms with Gasteiger partial charge in [0.15, 0.2) is 0 Å². The largest absolute Gasteiger partial charge is 0.297 e. The molecule has 0 unspecified atom stereocenters. The molecule has 3 aromatic rings. The van der Waals surface area contributed by atoms with E-state index in [2.05, 4.69) is 24.3 Å². The van der Waals surface area contributed by atoms with Gasteiger partial charge in [0.1, 0.15) is 5.54 Å². The standard InChI is InChI=1S/C21H17NO/c23-20-16-21(17-10-4-1-5-11-17,18-12-6-2-7-13-18)22(20)19-14-8-3-9-15-19/h1-15H,16H2. The van der Waals surface area contributed by atoms with Crippen molar-refractivity contribution in [3.8, 4) is 0 Å². The molecule has 0 aliphatic carbocycles. The van der Waals surface area contributed by atoms with Gasteiger partial charge in [-0.15, -0.1) is 0 Å². The van der Waals surface area contributed by atoms with Gasteiger partial charge in [0.2, 0.25) is 5.91 Å². The summed E-state index contributed by atoms with van der Waals surface area (Å²) in [5.41, 5.74) is 2.82. The minimum absolute atomic E-state index is 0.156. The van der Waals surface area contributed by atoms with E-state index in [-0.39, 0.29) is 5.91 Å². The maximum Gasteiger partial charge on any atom is 0.231 e.